The molecule has 2 amide bonds. The van der Waals surface area contributed by atoms with Crippen LogP contribution in [-0.2, 0) is 17.6 Å². The lowest BCUT2D eigenvalue weighted by atomic mass is 9.80. The highest BCUT2D eigenvalue weighted by Gasteiger charge is 2.49. The van der Waals surface area contributed by atoms with Gasteiger partial charge in [-0.15, -0.1) is 0 Å². The Bertz CT molecular complexity index is 649. The smallest absolute Gasteiger partial charge is 0.273 e. The van der Waals surface area contributed by atoms with E-state index in [-0.39, 0.29) is 42.4 Å². The third-order valence-corrected chi connectivity index (χ3v) is 4.48. The molecule has 1 saturated carbocycles. The first-order valence-corrected chi connectivity index (χ1v) is 8.21. The van der Waals surface area contributed by atoms with E-state index in [2.05, 4.69) is 15.8 Å². The molecule has 1 heterocycles. The lowest BCUT2D eigenvalue weighted by Gasteiger charge is -2.35. The molecule has 1 aromatic rings. The van der Waals surface area contributed by atoms with E-state index < -0.39 is 11.8 Å². The van der Waals surface area contributed by atoms with Gasteiger partial charge >= 0.3 is 0 Å². The third kappa shape index (κ3) is 3.42. The van der Waals surface area contributed by atoms with Crippen LogP contribution in [0.4, 0.5) is 8.78 Å². The molecule has 132 valence electrons. The average molecular weight is 341 g/mol. The Morgan fingerprint density at radius 2 is 2.04 bits per heavy atom. The van der Waals surface area contributed by atoms with Gasteiger partial charge in [0.25, 0.3) is 5.91 Å². The molecule has 3 rings (SSSR count). The van der Waals surface area contributed by atoms with Gasteiger partial charge in [-0.25, -0.2) is 8.78 Å². The summed E-state index contributed by atoms with van der Waals surface area (Å²) in [7, 11) is 0. The number of hydrogen-bond donors (Lipinski definition) is 2. The molecule has 8 heteroatoms. The molecule has 1 aromatic heterocycles. The number of aromatic nitrogens is 1. The summed E-state index contributed by atoms with van der Waals surface area (Å²) in [6.07, 6.45) is 0.859. The lowest BCUT2D eigenvalue weighted by molar-refractivity contribution is -0.150. The maximum absolute atomic E-state index is 12.9. The molecule has 0 aromatic carbocycles. The van der Waals surface area contributed by atoms with Gasteiger partial charge in [-0.3, -0.25) is 9.59 Å². The first kappa shape index (κ1) is 16.9. The largest absolute Gasteiger partial charge is 0.360 e. The van der Waals surface area contributed by atoms with Crippen molar-refractivity contribution in [3.8, 4) is 0 Å². The zero-order valence-corrected chi connectivity index (χ0v) is 13.7. The number of carbonyl (C=O) groups is 2. The van der Waals surface area contributed by atoms with Crippen LogP contribution in [0.3, 0.4) is 0 Å². The Balaban J connectivity index is 1.62. The number of carbonyl (C=O) groups excluding carboxylic acids is 2. The third-order valence-electron chi connectivity index (χ3n) is 4.48. The molecular formula is C16H21F2N3O3. The van der Waals surface area contributed by atoms with Crippen molar-refractivity contribution in [1.82, 2.24) is 15.8 Å². The van der Waals surface area contributed by atoms with E-state index in [9.17, 15) is 18.4 Å². The van der Waals surface area contributed by atoms with Gasteiger partial charge in [0.2, 0.25) is 11.8 Å². The zero-order chi connectivity index (χ0) is 17.5. The molecule has 2 N–H and O–H groups in total. The average Bonchev–Trinajstić information content (AvgIpc) is 2.87. The number of aryl methyl sites for hydroxylation is 1. The van der Waals surface area contributed by atoms with Crippen LogP contribution in [0.2, 0.25) is 0 Å². The summed E-state index contributed by atoms with van der Waals surface area (Å²) < 4.78 is 31.0. The van der Waals surface area contributed by atoms with Gasteiger partial charge in [0, 0.05) is 42.8 Å². The number of nitrogens with one attached hydrogen (secondary N) is 2. The summed E-state index contributed by atoms with van der Waals surface area (Å²) in [5, 5.41) is 9.43. The van der Waals surface area contributed by atoms with Crippen LogP contribution in [0.25, 0.3) is 0 Å². The van der Waals surface area contributed by atoms with Gasteiger partial charge in [-0.2, -0.15) is 0 Å². The van der Waals surface area contributed by atoms with E-state index in [4.69, 9.17) is 4.52 Å². The molecule has 0 radical (unpaired) electrons. The van der Waals surface area contributed by atoms with Crippen molar-refractivity contribution < 1.29 is 22.9 Å². The molecule has 1 unspecified atom stereocenters. The second-order valence-corrected chi connectivity index (χ2v) is 6.97. The van der Waals surface area contributed by atoms with Gasteiger partial charge in [0.05, 0.1) is 0 Å². The molecule has 24 heavy (non-hydrogen) atoms. The SMILES string of the molecule is CC(C)NC(=O)c1noc2c1CC(NC(=O)C1CC(F)(F)C1)CC2. The summed E-state index contributed by atoms with van der Waals surface area (Å²) in [6, 6.07) is -0.214. The number of halogens is 2. The number of rotatable bonds is 4. The van der Waals surface area contributed by atoms with Gasteiger partial charge in [0.15, 0.2) is 5.69 Å². The minimum absolute atomic E-state index is 0.0239. The molecule has 1 atom stereocenters. The van der Waals surface area contributed by atoms with Crippen LogP contribution in [0.15, 0.2) is 4.52 Å². The number of nitrogens with zero attached hydrogens (tertiary/aromatic N) is 1. The Morgan fingerprint density at radius 3 is 2.67 bits per heavy atom. The predicted molar refractivity (Wildman–Crippen MR) is 80.7 cm³/mol. The van der Waals surface area contributed by atoms with Crippen molar-refractivity contribution in [3.63, 3.8) is 0 Å². The highest BCUT2D eigenvalue weighted by atomic mass is 19.3. The van der Waals surface area contributed by atoms with E-state index in [1.807, 2.05) is 13.8 Å². The number of amides is 2. The highest BCUT2D eigenvalue weighted by molar-refractivity contribution is 5.94. The Kier molecular flexibility index (Phi) is 4.31. The monoisotopic (exact) mass is 341 g/mol. The van der Waals surface area contributed by atoms with Crippen molar-refractivity contribution in [2.24, 2.45) is 5.92 Å². The summed E-state index contributed by atoms with van der Waals surface area (Å²) >= 11 is 0. The van der Waals surface area contributed by atoms with Gasteiger partial charge in [-0.05, 0) is 26.7 Å². The predicted octanol–water partition coefficient (Wildman–Crippen LogP) is 1.83. The first-order chi connectivity index (χ1) is 11.2. The van der Waals surface area contributed by atoms with Gasteiger partial charge in [0.1, 0.15) is 5.76 Å². The number of alkyl halides is 2. The summed E-state index contributed by atoms with van der Waals surface area (Å²) in [4.78, 5) is 24.2. The first-order valence-electron chi connectivity index (χ1n) is 8.21. The molecule has 6 nitrogen and oxygen atoms in total. The number of hydrogen-bond acceptors (Lipinski definition) is 4. The van der Waals surface area contributed by atoms with Crippen LogP contribution in [0, 0.1) is 5.92 Å². The van der Waals surface area contributed by atoms with Gasteiger partial charge < -0.3 is 15.2 Å². The fourth-order valence-corrected chi connectivity index (χ4v) is 3.20. The van der Waals surface area contributed by atoms with Crippen LogP contribution < -0.4 is 10.6 Å². The molecule has 2 aliphatic carbocycles. The molecule has 0 aliphatic heterocycles. The maximum Gasteiger partial charge on any atom is 0.273 e. The summed E-state index contributed by atoms with van der Waals surface area (Å²) in [6.45, 7) is 3.70. The van der Waals surface area contributed by atoms with E-state index in [1.165, 1.54) is 0 Å². The van der Waals surface area contributed by atoms with Crippen molar-refractivity contribution in [1.29, 1.82) is 0 Å². The molecule has 2 aliphatic rings. The number of fused-ring (bicyclic) bond motifs is 1. The van der Waals surface area contributed by atoms with E-state index >= 15 is 0 Å². The summed E-state index contributed by atoms with van der Waals surface area (Å²) in [5.74, 6) is -3.31. The van der Waals surface area contributed by atoms with E-state index in [0.29, 0.717) is 30.6 Å². The minimum Gasteiger partial charge on any atom is -0.360 e. The summed E-state index contributed by atoms with van der Waals surface area (Å²) in [5.41, 5.74) is 0.941. The zero-order valence-electron chi connectivity index (χ0n) is 13.7. The van der Waals surface area contributed by atoms with E-state index in [1.54, 1.807) is 0 Å². The molecule has 0 spiro atoms. The molecule has 1 fully saturated rings. The van der Waals surface area contributed by atoms with Crippen LogP contribution >= 0.6 is 0 Å². The topological polar surface area (TPSA) is 84.2 Å². The Morgan fingerprint density at radius 1 is 1.33 bits per heavy atom. The molecule has 0 saturated heterocycles. The van der Waals surface area contributed by atoms with Crippen LogP contribution in [0.1, 0.15) is 54.9 Å². The standard InChI is InChI=1S/C16H21F2N3O3/c1-8(2)19-15(23)13-11-5-10(3-4-12(11)24-21-13)20-14(22)9-6-16(17,18)7-9/h8-10H,3-7H2,1-2H3,(H,19,23)(H,20,22). The fraction of sp³-hybridized carbons (Fsp3) is 0.688. The van der Waals surface area contributed by atoms with Crippen LogP contribution in [0.5, 0.6) is 0 Å². The minimum atomic E-state index is -2.71. The normalized spacial score (nSPS) is 22.6. The van der Waals surface area contributed by atoms with Crippen molar-refractivity contribution in [2.75, 3.05) is 0 Å². The van der Waals surface area contributed by atoms with Crippen molar-refractivity contribution >= 4 is 11.8 Å². The molecular weight excluding hydrogens is 320 g/mol. The van der Waals surface area contributed by atoms with Crippen molar-refractivity contribution in [2.45, 2.75) is 64.0 Å². The van der Waals surface area contributed by atoms with E-state index in [0.717, 1.165) is 0 Å². The second kappa shape index (κ2) is 6.14. The Labute approximate surface area is 138 Å². The van der Waals surface area contributed by atoms with Gasteiger partial charge in [-0.1, -0.05) is 5.16 Å². The fourth-order valence-electron chi connectivity index (χ4n) is 3.20. The maximum atomic E-state index is 12.9. The van der Waals surface area contributed by atoms with Crippen LogP contribution in [-0.4, -0.2) is 35.0 Å². The highest BCUT2D eigenvalue weighted by Crippen LogP contribution is 2.42. The molecule has 0 bridgehead atoms. The van der Waals surface area contributed by atoms with Crippen molar-refractivity contribution in [3.05, 3.63) is 17.0 Å². The quantitative estimate of drug-likeness (QED) is 0.875. The Hall–Kier alpha value is -1.99. The lowest BCUT2D eigenvalue weighted by Crippen LogP contribution is -2.49. The second-order valence-electron chi connectivity index (χ2n) is 6.97.